The Hall–Kier alpha value is -2.14. The number of carbonyl (C=O) groups is 1. The number of phenols is 1. The Morgan fingerprint density at radius 1 is 1.42 bits per heavy atom. The second-order valence-electron chi connectivity index (χ2n) is 3.70. The average Bonchev–Trinajstić information content (AvgIpc) is 2.86. The van der Waals surface area contributed by atoms with Crippen LogP contribution in [0.15, 0.2) is 36.5 Å². The number of rotatable bonds is 4. The lowest BCUT2D eigenvalue weighted by Gasteiger charge is -1.95. The molecule has 1 aromatic carbocycles. The number of hydrogen-bond donors (Lipinski definition) is 1. The number of carbonyl (C=O) groups excluding carboxylic acids is 1. The molecule has 4 nitrogen and oxygen atoms in total. The van der Waals surface area contributed by atoms with E-state index in [4.69, 9.17) is 4.74 Å². The van der Waals surface area contributed by atoms with E-state index < -0.39 is 0 Å². The number of aromatic nitrogens is 1. The molecule has 0 atom stereocenters. The molecule has 19 heavy (non-hydrogen) atoms. The van der Waals surface area contributed by atoms with Gasteiger partial charge in [0.1, 0.15) is 10.8 Å². The molecule has 0 spiro atoms. The molecule has 0 radical (unpaired) electrons. The first-order chi connectivity index (χ1) is 9.19. The molecule has 1 heterocycles. The fourth-order valence-corrected chi connectivity index (χ4v) is 2.27. The van der Waals surface area contributed by atoms with Crippen molar-refractivity contribution in [2.45, 2.75) is 6.92 Å². The highest BCUT2D eigenvalue weighted by Crippen LogP contribution is 2.27. The Morgan fingerprint density at radius 3 is 2.84 bits per heavy atom. The van der Waals surface area contributed by atoms with E-state index in [9.17, 15) is 9.90 Å². The van der Waals surface area contributed by atoms with Crippen LogP contribution in [-0.4, -0.2) is 22.7 Å². The number of esters is 1. The van der Waals surface area contributed by atoms with Crippen LogP contribution in [0.4, 0.5) is 0 Å². The zero-order valence-corrected chi connectivity index (χ0v) is 11.2. The second-order valence-corrected chi connectivity index (χ2v) is 4.76. The van der Waals surface area contributed by atoms with E-state index in [1.807, 2.05) is 0 Å². The Bertz CT molecular complexity index is 587. The van der Waals surface area contributed by atoms with Gasteiger partial charge in [0.05, 0.1) is 6.61 Å². The zero-order valence-electron chi connectivity index (χ0n) is 10.4. The minimum absolute atomic E-state index is 0.225. The van der Waals surface area contributed by atoms with Crippen LogP contribution in [0.5, 0.6) is 5.75 Å². The molecule has 1 N–H and O–H groups in total. The van der Waals surface area contributed by atoms with Crippen molar-refractivity contribution in [1.29, 1.82) is 0 Å². The largest absolute Gasteiger partial charge is 0.508 e. The maximum absolute atomic E-state index is 11.2. The van der Waals surface area contributed by atoms with Gasteiger partial charge in [-0.05, 0) is 37.3 Å². The van der Waals surface area contributed by atoms with Crippen LogP contribution in [0, 0.1) is 0 Å². The fraction of sp³-hybridized carbons (Fsp3) is 0.143. The van der Waals surface area contributed by atoms with Gasteiger partial charge in [0, 0.05) is 22.7 Å². The summed E-state index contributed by atoms with van der Waals surface area (Å²) in [6, 6.07) is 6.83. The third-order valence-electron chi connectivity index (χ3n) is 2.31. The molecule has 0 aliphatic heterocycles. The summed E-state index contributed by atoms with van der Waals surface area (Å²) in [7, 11) is 0. The van der Waals surface area contributed by atoms with Gasteiger partial charge in [-0.15, -0.1) is 11.3 Å². The van der Waals surface area contributed by atoms with E-state index in [2.05, 4.69) is 4.98 Å². The Balaban J connectivity index is 2.11. The Kier molecular flexibility index (Phi) is 4.30. The van der Waals surface area contributed by atoms with Gasteiger partial charge in [-0.3, -0.25) is 0 Å². The lowest BCUT2D eigenvalue weighted by molar-refractivity contribution is -0.137. The number of hydrogen-bond acceptors (Lipinski definition) is 5. The summed E-state index contributed by atoms with van der Waals surface area (Å²) in [5, 5.41) is 10.1. The number of nitrogens with zero attached hydrogens (tertiary/aromatic N) is 1. The number of thiazole rings is 1. The highest BCUT2D eigenvalue weighted by Gasteiger charge is 2.03. The molecule has 0 amide bonds. The molecule has 0 aliphatic carbocycles. The standard InChI is InChI=1S/C14H13NO3S/c1-2-18-13(17)8-7-12-9-15-14(19-12)10-3-5-11(16)6-4-10/h3-9,16H,2H2,1H3/b8-7+. The monoisotopic (exact) mass is 275 g/mol. The molecular weight excluding hydrogens is 262 g/mol. The Labute approximate surface area is 115 Å². The van der Waals surface area contributed by atoms with Crippen molar-refractivity contribution < 1.29 is 14.6 Å². The van der Waals surface area contributed by atoms with Crippen LogP contribution in [0.3, 0.4) is 0 Å². The number of ether oxygens (including phenoxy) is 1. The van der Waals surface area contributed by atoms with Crippen molar-refractivity contribution in [2.24, 2.45) is 0 Å². The molecule has 0 aliphatic rings. The highest BCUT2D eigenvalue weighted by atomic mass is 32.1. The molecule has 0 saturated carbocycles. The number of aromatic hydroxyl groups is 1. The summed E-state index contributed by atoms with van der Waals surface area (Å²) in [6.45, 7) is 2.13. The summed E-state index contributed by atoms with van der Waals surface area (Å²) in [4.78, 5) is 16.3. The van der Waals surface area contributed by atoms with E-state index in [-0.39, 0.29) is 11.7 Å². The van der Waals surface area contributed by atoms with Crippen molar-refractivity contribution in [3.05, 3.63) is 41.4 Å². The zero-order chi connectivity index (χ0) is 13.7. The van der Waals surface area contributed by atoms with E-state index >= 15 is 0 Å². The van der Waals surface area contributed by atoms with Crippen LogP contribution in [0.2, 0.25) is 0 Å². The first kappa shape index (κ1) is 13.3. The molecule has 2 rings (SSSR count). The van der Waals surface area contributed by atoms with Gasteiger partial charge in [-0.2, -0.15) is 0 Å². The molecule has 0 saturated heterocycles. The summed E-state index contributed by atoms with van der Waals surface area (Å²) in [6.07, 6.45) is 4.76. The van der Waals surface area contributed by atoms with Gasteiger partial charge in [-0.25, -0.2) is 9.78 Å². The Morgan fingerprint density at radius 2 is 2.16 bits per heavy atom. The number of benzene rings is 1. The summed E-state index contributed by atoms with van der Waals surface area (Å²) >= 11 is 1.46. The SMILES string of the molecule is CCOC(=O)/C=C/c1cnc(-c2ccc(O)cc2)s1. The van der Waals surface area contributed by atoms with Crippen molar-refractivity contribution in [1.82, 2.24) is 4.98 Å². The van der Waals surface area contributed by atoms with Crippen molar-refractivity contribution in [3.8, 4) is 16.3 Å². The summed E-state index contributed by atoms with van der Waals surface area (Å²) in [5.74, 6) is -0.134. The topological polar surface area (TPSA) is 59.4 Å². The summed E-state index contributed by atoms with van der Waals surface area (Å²) < 4.78 is 4.80. The normalized spacial score (nSPS) is 10.8. The molecule has 98 valence electrons. The van der Waals surface area contributed by atoms with Crippen LogP contribution < -0.4 is 0 Å². The molecule has 2 aromatic rings. The maximum atomic E-state index is 11.2. The minimum atomic E-state index is -0.359. The molecule has 0 unspecified atom stereocenters. The lowest BCUT2D eigenvalue weighted by Crippen LogP contribution is -1.98. The van der Waals surface area contributed by atoms with E-state index in [1.54, 1.807) is 43.5 Å². The third-order valence-corrected chi connectivity index (χ3v) is 3.32. The quantitative estimate of drug-likeness (QED) is 0.688. The first-order valence-corrected chi connectivity index (χ1v) is 6.60. The van der Waals surface area contributed by atoms with E-state index in [0.29, 0.717) is 6.61 Å². The van der Waals surface area contributed by atoms with Crippen LogP contribution in [0.25, 0.3) is 16.6 Å². The predicted molar refractivity (Wildman–Crippen MR) is 74.9 cm³/mol. The highest BCUT2D eigenvalue weighted by molar-refractivity contribution is 7.15. The summed E-state index contributed by atoms with van der Waals surface area (Å²) in [5.41, 5.74) is 0.929. The van der Waals surface area contributed by atoms with Gasteiger partial charge in [0.15, 0.2) is 0 Å². The molecule has 0 fully saturated rings. The predicted octanol–water partition coefficient (Wildman–Crippen LogP) is 3.09. The smallest absolute Gasteiger partial charge is 0.330 e. The molecular formula is C14H13NO3S. The lowest BCUT2D eigenvalue weighted by atomic mass is 10.2. The van der Waals surface area contributed by atoms with Crippen LogP contribution in [0.1, 0.15) is 11.8 Å². The third kappa shape index (κ3) is 3.66. The van der Waals surface area contributed by atoms with Gasteiger partial charge < -0.3 is 9.84 Å². The van der Waals surface area contributed by atoms with Gasteiger partial charge in [0.2, 0.25) is 0 Å². The van der Waals surface area contributed by atoms with Crippen LogP contribution in [-0.2, 0) is 9.53 Å². The maximum Gasteiger partial charge on any atom is 0.330 e. The van der Waals surface area contributed by atoms with Gasteiger partial charge in [0.25, 0.3) is 0 Å². The van der Waals surface area contributed by atoms with Gasteiger partial charge >= 0.3 is 5.97 Å². The van der Waals surface area contributed by atoms with Crippen LogP contribution >= 0.6 is 11.3 Å². The average molecular weight is 275 g/mol. The van der Waals surface area contributed by atoms with Crippen molar-refractivity contribution >= 4 is 23.4 Å². The van der Waals surface area contributed by atoms with E-state index in [0.717, 1.165) is 15.4 Å². The molecule has 1 aromatic heterocycles. The molecule has 5 heteroatoms. The fourth-order valence-electron chi connectivity index (χ4n) is 1.44. The van der Waals surface area contributed by atoms with Crippen molar-refractivity contribution in [2.75, 3.05) is 6.61 Å². The van der Waals surface area contributed by atoms with E-state index in [1.165, 1.54) is 17.4 Å². The first-order valence-electron chi connectivity index (χ1n) is 5.79. The molecule has 0 bridgehead atoms. The second kappa shape index (κ2) is 6.15. The van der Waals surface area contributed by atoms with Crippen molar-refractivity contribution in [3.63, 3.8) is 0 Å². The number of phenolic OH excluding ortho intramolecular Hbond substituents is 1. The van der Waals surface area contributed by atoms with Gasteiger partial charge in [-0.1, -0.05) is 0 Å². The minimum Gasteiger partial charge on any atom is -0.508 e.